The van der Waals surface area contributed by atoms with Gasteiger partial charge < -0.3 is 15.3 Å². The minimum absolute atomic E-state index is 0.165. The number of hydrogen-bond donors (Lipinski definition) is 2. The summed E-state index contributed by atoms with van der Waals surface area (Å²) in [7, 11) is 0. The highest BCUT2D eigenvalue weighted by molar-refractivity contribution is 5.76. The highest BCUT2D eigenvalue weighted by Gasteiger charge is 2.24. The normalized spacial score (nSPS) is 21.1. The van der Waals surface area contributed by atoms with Crippen molar-refractivity contribution in [2.45, 2.75) is 39.2 Å². The summed E-state index contributed by atoms with van der Waals surface area (Å²) in [6, 6.07) is 0. The zero-order chi connectivity index (χ0) is 12.2. The molecule has 0 aromatic heterocycles. The molecule has 1 aliphatic heterocycles. The van der Waals surface area contributed by atoms with Gasteiger partial charge in [0.05, 0.1) is 5.60 Å². The zero-order valence-electron chi connectivity index (χ0n) is 10.6. The molecule has 0 radical (unpaired) electrons. The lowest BCUT2D eigenvalue weighted by molar-refractivity contribution is -0.134. The SMILES string of the molecule is CCN(CC(C)(C)O)C(=O)CC1CCNC1. The Morgan fingerprint density at radius 2 is 2.25 bits per heavy atom. The van der Waals surface area contributed by atoms with Crippen LogP contribution in [-0.2, 0) is 4.79 Å². The van der Waals surface area contributed by atoms with E-state index in [0.717, 1.165) is 19.5 Å². The lowest BCUT2D eigenvalue weighted by Crippen LogP contribution is -2.42. The molecule has 1 aliphatic rings. The first-order valence-corrected chi connectivity index (χ1v) is 6.13. The Morgan fingerprint density at radius 3 is 2.69 bits per heavy atom. The van der Waals surface area contributed by atoms with Crippen molar-refractivity contribution in [3.8, 4) is 0 Å². The van der Waals surface area contributed by atoms with Gasteiger partial charge in [0, 0.05) is 19.5 Å². The van der Waals surface area contributed by atoms with E-state index < -0.39 is 5.60 Å². The van der Waals surface area contributed by atoms with Crippen LogP contribution in [0.5, 0.6) is 0 Å². The molecule has 94 valence electrons. The summed E-state index contributed by atoms with van der Waals surface area (Å²) in [5.74, 6) is 0.640. The number of likely N-dealkylation sites (N-methyl/N-ethyl adjacent to an activating group) is 1. The van der Waals surface area contributed by atoms with Crippen molar-refractivity contribution in [1.29, 1.82) is 0 Å². The van der Waals surface area contributed by atoms with Crippen LogP contribution in [-0.4, -0.2) is 47.7 Å². The second kappa shape index (κ2) is 5.64. The fraction of sp³-hybridized carbons (Fsp3) is 0.917. The molecular formula is C12H24N2O2. The summed E-state index contributed by atoms with van der Waals surface area (Å²) in [6.07, 6.45) is 1.70. The molecule has 4 heteroatoms. The number of carbonyl (C=O) groups excluding carboxylic acids is 1. The molecule has 4 nitrogen and oxygen atoms in total. The van der Waals surface area contributed by atoms with Crippen molar-refractivity contribution < 1.29 is 9.90 Å². The van der Waals surface area contributed by atoms with Crippen molar-refractivity contribution in [3.63, 3.8) is 0 Å². The molecule has 0 aromatic rings. The van der Waals surface area contributed by atoms with Crippen molar-refractivity contribution in [2.75, 3.05) is 26.2 Å². The summed E-state index contributed by atoms with van der Waals surface area (Å²) in [5, 5.41) is 13.0. The largest absolute Gasteiger partial charge is 0.389 e. The van der Waals surface area contributed by atoms with E-state index in [-0.39, 0.29) is 5.91 Å². The molecule has 0 aromatic carbocycles. The Kier molecular flexibility index (Phi) is 4.74. The van der Waals surface area contributed by atoms with Crippen LogP contribution in [0.15, 0.2) is 0 Å². The average Bonchev–Trinajstić information content (AvgIpc) is 2.65. The maximum Gasteiger partial charge on any atom is 0.222 e. The van der Waals surface area contributed by atoms with Crippen LogP contribution >= 0.6 is 0 Å². The molecule has 0 aliphatic carbocycles. The van der Waals surface area contributed by atoms with Crippen LogP contribution in [0.3, 0.4) is 0 Å². The number of nitrogens with one attached hydrogen (secondary N) is 1. The number of carbonyl (C=O) groups is 1. The predicted octanol–water partition coefficient (Wildman–Crippen LogP) is 0.605. The molecule has 1 fully saturated rings. The van der Waals surface area contributed by atoms with Gasteiger partial charge in [-0.05, 0) is 46.2 Å². The van der Waals surface area contributed by atoms with Crippen LogP contribution in [0.2, 0.25) is 0 Å². The average molecular weight is 228 g/mol. The van der Waals surface area contributed by atoms with Gasteiger partial charge in [0.15, 0.2) is 0 Å². The van der Waals surface area contributed by atoms with E-state index in [2.05, 4.69) is 5.32 Å². The van der Waals surface area contributed by atoms with Gasteiger partial charge in [0.25, 0.3) is 0 Å². The summed E-state index contributed by atoms with van der Waals surface area (Å²) in [6.45, 7) is 8.49. The van der Waals surface area contributed by atoms with E-state index in [1.807, 2.05) is 6.92 Å². The Balaban J connectivity index is 2.42. The number of aliphatic hydroxyl groups is 1. The van der Waals surface area contributed by atoms with Crippen LogP contribution in [0.1, 0.15) is 33.6 Å². The smallest absolute Gasteiger partial charge is 0.222 e. The lowest BCUT2D eigenvalue weighted by Gasteiger charge is -2.28. The molecule has 16 heavy (non-hydrogen) atoms. The first-order valence-electron chi connectivity index (χ1n) is 6.13. The predicted molar refractivity (Wildman–Crippen MR) is 64.1 cm³/mol. The molecule has 1 unspecified atom stereocenters. The highest BCUT2D eigenvalue weighted by atomic mass is 16.3. The molecule has 1 rings (SSSR count). The summed E-state index contributed by atoms with van der Waals surface area (Å²) in [4.78, 5) is 13.7. The number of nitrogens with zero attached hydrogens (tertiary/aromatic N) is 1. The van der Waals surface area contributed by atoms with E-state index in [1.165, 1.54) is 0 Å². The zero-order valence-corrected chi connectivity index (χ0v) is 10.6. The fourth-order valence-electron chi connectivity index (χ4n) is 2.11. The molecule has 2 N–H and O–H groups in total. The number of rotatable bonds is 5. The molecule has 0 bridgehead atoms. The molecule has 1 saturated heterocycles. The highest BCUT2D eigenvalue weighted by Crippen LogP contribution is 2.15. The molecule has 1 heterocycles. The van der Waals surface area contributed by atoms with E-state index in [4.69, 9.17) is 0 Å². The first-order chi connectivity index (χ1) is 7.42. The van der Waals surface area contributed by atoms with Gasteiger partial charge in [-0.3, -0.25) is 4.79 Å². The van der Waals surface area contributed by atoms with Gasteiger partial charge in [0.1, 0.15) is 0 Å². The third kappa shape index (κ3) is 4.49. The Bertz CT molecular complexity index is 230. The minimum Gasteiger partial charge on any atom is -0.389 e. The van der Waals surface area contributed by atoms with Gasteiger partial charge in [-0.1, -0.05) is 0 Å². The second-order valence-corrected chi connectivity index (χ2v) is 5.28. The molecule has 0 spiro atoms. The standard InChI is InChI=1S/C12H24N2O2/c1-4-14(9-12(2,3)16)11(15)7-10-5-6-13-8-10/h10,13,16H,4-9H2,1-3H3. The van der Waals surface area contributed by atoms with Gasteiger partial charge in [-0.25, -0.2) is 0 Å². The second-order valence-electron chi connectivity index (χ2n) is 5.28. The maximum absolute atomic E-state index is 12.0. The van der Waals surface area contributed by atoms with E-state index >= 15 is 0 Å². The van der Waals surface area contributed by atoms with E-state index in [1.54, 1.807) is 18.7 Å². The van der Waals surface area contributed by atoms with Crippen molar-refractivity contribution >= 4 is 5.91 Å². The third-order valence-corrected chi connectivity index (χ3v) is 2.94. The monoisotopic (exact) mass is 228 g/mol. The van der Waals surface area contributed by atoms with Gasteiger partial charge in [-0.2, -0.15) is 0 Å². The minimum atomic E-state index is -0.806. The number of amides is 1. The van der Waals surface area contributed by atoms with E-state index in [9.17, 15) is 9.90 Å². The molecule has 0 saturated carbocycles. The van der Waals surface area contributed by atoms with Crippen molar-refractivity contribution in [3.05, 3.63) is 0 Å². The Hall–Kier alpha value is -0.610. The van der Waals surface area contributed by atoms with Crippen LogP contribution in [0.25, 0.3) is 0 Å². The molecular weight excluding hydrogens is 204 g/mol. The quantitative estimate of drug-likeness (QED) is 0.725. The van der Waals surface area contributed by atoms with Gasteiger partial charge in [0.2, 0.25) is 5.91 Å². The van der Waals surface area contributed by atoms with Crippen LogP contribution < -0.4 is 5.32 Å². The van der Waals surface area contributed by atoms with Crippen molar-refractivity contribution in [2.24, 2.45) is 5.92 Å². The Labute approximate surface area is 98.0 Å². The topological polar surface area (TPSA) is 52.6 Å². The molecule has 1 amide bonds. The lowest BCUT2D eigenvalue weighted by atomic mass is 10.0. The van der Waals surface area contributed by atoms with Gasteiger partial charge >= 0.3 is 0 Å². The van der Waals surface area contributed by atoms with Crippen LogP contribution in [0.4, 0.5) is 0 Å². The van der Waals surface area contributed by atoms with Crippen molar-refractivity contribution in [1.82, 2.24) is 10.2 Å². The van der Waals surface area contributed by atoms with Crippen LogP contribution in [0, 0.1) is 5.92 Å². The summed E-state index contributed by atoms with van der Waals surface area (Å²) < 4.78 is 0. The number of hydrogen-bond acceptors (Lipinski definition) is 3. The van der Waals surface area contributed by atoms with Gasteiger partial charge in [-0.15, -0.1) is 0 Å². The van der Waals surface area contributed by atoms with E-state index in [0.29, 0.717) is 25.4 Å². The molecule has 1 atom stereocenters. The first kappa shape index (κ1) is 13.5. The summed E-state index contributed by atoms with van der Waals surface area (Å²) in [5.41, 5.74) is -0.806. The Morgan fingerprint density at radius 1 is 1.56 bits per heavy atom. The maximum atomic E-state index is 12.0. The summed E-state index contributed by atoms with van der Waals surface area (Å²) >= 11 is 0. The third-order valence-electron chi connectivity index (χ3n) is 2.94. The fourth-order valence-corrected chi connectivity index (χ4v) is 2.11.